The van der Waals surface area contributed by atoms with Crippen LogP contribution in [-0.2, 0) is 0 Å². The third-order valence-electron chi connectivity index (χ3n) is 5.74. The first-order valence-corrected chi connectivity index (χ1v) is 13.5. The summed E-state index contributed by atoms with van der Waals surface area (Å²) >= 11 is 1.69. The summed E-state index contributed by atoms with van der Waals surface area (Å²) in [6.45, 7) is 3.19. The summed E-state index contributed by atoms with van der Waals surface area (Å²) in [6, 6.07) is 4.11. The van der Waals surface area contributed by atoms with E-state index in [9.17, 15) is 0 Å². The van der Waals surface area contributed by atoms with Gasteiger partial charge in [0.05, 0.1) is 6.61 Å². The number of ether oxygens (including phenoxy) is 1. The quantitative estimate of drug-likeness (QED) is 0.173. The summed E-state index contributed by atoms with van der Waals surface area (Å²) in [5.41, 5.74) is 0. The maximum absolute atomic E-state index is 5.70. The molecule has 1 rings (SSSR count). The van der Waals surface area contributed by atoms with Gasteiger partial charge in [0.25, 0.3) is 0 Å². The molecule has 0 saturated carbocycles. The van der Waals surface area contributed by atoms with E-state index < -0.39 is 0 Å². The minimum Gasteiger partial charge on any atom is -0.484 e. The lowest BCUT2D eigenvalue weighted by Crippen LogP contribution is -1.95. The maximum atomic E-state index is 5.70. The minimum absolute atomic E-state index is 0.888. The number of rotatable bonds is 22. The zero-order valence-electron chi connectivity index (χ0n) is 18.9. The van der Waals surface area contributed by atoms with Gasteiger partial charge in [-0.05, 0) is 23.9 Å². The smallest absolute Gasteiger partial charge is 0.173 e. The number of hydrogen-bond acceptors (Lipinski definition) is 2. The first-order chi connectivity index (χ1) is 13.9. The van der Waals surface area contributed by atoms with Gasteiger partial charge in [-0.25, -0.2) is 0 Å². The first-order valence-electron chi connectivity index (χ1n) is 12.6. The summed E-state index contributed by atoms with van der Waals surface area (Å²) in [7, 11) is 0. The monoisotopic (exact) mass is 408 g/mol. The molecule has 0 fully saturated rings. The van der Waals surface area contributed by atoms with Crippen molar-refractivity contribution in [1.82, 2.24) is 0 Å². The zero-order valence-corrected chi connectivity index (χ0v) is 19.7. The lowest BCUT2D eigenvalue weighted by molar-refractivity contribution is 0.312. The Kier molecular flexibility index (Phi) is 19.3. The second-order valence-corrected chi connectivity index (χ2v) is 9.41. The third-order valence-corrected chi connectivity index (χ3v) is 6.52. The lowest BCUT2D eigenvalue weighted by atomic mass is 10.0. The van der Waals surface area contributed by atoms with E-state index in [1.54, 1.807) is 11.3 Å². The molecular formula is C26H48OS. The summed E-state index contributed by atoms with van der Waals surface area (Å²) in [6.07, 6.45) is 28.7. The topological polar surface area (TPSA) is 9.23 Å². The van der Waals surface area contributed by atoms with E-state index in [4.69, 9.17) is 4.74 Å². The highest BCUT2D eigenvalue weighted by Gasteiger charge is 1.96. The number of unbranched alkanes of at least 4 members (excludes halogenated alkanes) is 19. The van der Waals surface area contributed by atoms with Crippen molar-refractivity contribution in [3.05, 3.63) is 17.5 Å². The van der Waals surface area contributed by atoms with Crippen LogP contribution in [0.1, 0.15) is 135 Å². The molecule has 1 nitrogen and oxygen atoms in total. The fourth-order valence-corrected chi connectivity index (χ4v) is 4.48. The van der Waals surface area contributed by atoms with E-state index in [2.05, 4.69) is 24.4 Å². The highest BCUT2D eigenvalue weighted by atomic mass is 32.1. The zero-order chi connectivity index (χ0) is 20.0. The molecule has 0 aliphatic carbocycles. The van der Waals surface area contributed by atoms with E-state index >= 15 is 0 Å². The third kappa shape index (κ3) is 17.6. The Bertz CT molecular complexity index is 387. The average Bonchev–Trinajstić information content (AvgIpc) is 3.22. The largest absolute Gasteiger partial charge is 0.484 e. The molecule has 0 atom stereocenters. The highest BCUT2D eigenvalue weighted by Crippen LogP contribution is 2.19. The Balaban J connectivity index is 1.64. The second-order valence-electron chi connectivity index (χ2n) is 8.50. The maximum Gasteiger partial charge on any atom is 0.173 e. The Morgan fingerprint density at radius 1 is 0.571 bits per heavy atom. The Hall–Kier alpha value is -0.500. The van der Waals surface area contributed by atoms with Crippen LogP contribution in [0.2, 0.25) is 0 Å². The van der Waals surface area contributed by atoms with Crippen LogP contribution in [0, 0.1) is 0 Å². The van der Waals surface area contributed by atoms with Gasteiger partial charge >= 0.3 is 0 Å². The Morgan fingerprint density at radius 3 is 1.32 bits per heavy atom. The molecule has 0 aliphatic rings. The molecule has 0 spiro atoms. The van der Waals surface area contributed by atoms with Crippen molar-refractivity contribution in [2.75, 3.05) is 6.61 Å². The molecule has 0 aromatic carbocycles. The van der Waals surface area contributed by atoms with Crippen molar-refractivity contribution in [2.45, 2.75) is 135 Å². The Morgan fingerprint density at radius 2 is 0.964 bits per heavy atom. The molecule has 0 radical (unpaired) electrons. The predicted molar refractivity (Wildman–Crippen MR) is 128 cm³/mol. The van der Waals surface area contributed by atoms with Crippen molar-refractivity contribution < 1.29 is 4.74 Å². The van der Waals surface area contributed by atoms with Gasteiger partial charge in [-0.2, -0.15) is 0 Å². The molecule has 0 N–H and O–H groups in total. The van der Waals surface area contributed by atoms with Crippen molar-refractivity contribution in [3.63, 3.8) is 0 Å². The van der Waals surface area contributed by atoms with Gasteiger partial charge in [0.1, 0.15) is 0 Å². The molecule has 1 aromatic rings. The number of hydrogen-bond donors (Lipinski definition) is 0. The van der Waals surface area contributed by atoms with Crippen LogP contribution in [0.4, 0.5) is 0 Å². The van der Waals surface area contributed by atoms with E-state index in [1.807, 2.05) is 0 Å². The molecule has 0 aliphatic heterocycles. The summed E-state index contributed by atoms with van der Waals surface area (Å²) in [5.74, 6) is 0. The standard InChI is InChI=1S/C26H48OS/c1-2-3-4-5-6-7-8-9-10-11-12-13-14-15-16-17-18-19-20-21-24-27-26-23-22-25-28-26/h22-23,25H,2-21,24H2,1H3. The average molecular weight is 409 g/mol. The number of thiophene rings is 1. The van der Waals surface area contributed by atoms with E-state index in [0.29, 0.717) is 0 Å². The van der Waals surface area contributed by atoms with Crippen LogP contribution >= 0.6 is 11.3 Å². The van der Waals surface area contributed by atoms with Crippen LogP contribution in [0.15, 0.2) is 17.5 Å². The van der Waals surface area contributed by atoms with Crippen LogP contribution in [0.3, 0.4) is 0 Å². The van der Waals surface area contributed by atoms with Crippen LogP contribution < -0.4 is 4.74 Å². The molecule has 2 heteroatoms. The van der Waals surface area contributed by atoms with Gasteiger partial charge in [-0.15, -0.1) is 11.3 Å². The van der Waals surface area contributed by atoms with Crippen molar-refractivity contribution >= 4 is 11.3 Å². The first kappa shape index (κ1) is 25.5. The van der Waals surface area contributed by atoms with Crippen molar-refractivity contribution in [1.29, 1.82) is 0 Å². The fourth-order valence-electron chi connectivity index (χ4n) is 3.88. The van der Waals surface area contributed by atoms with Gasteiger partial charge in [0.15, 0.2) is 5.06 Å². The van der Waals surface area contributed by atoms with Crippen LogP contribution in [0.5, 0.6) is 5.06 Å². The van der Waals surface area contributed by atoms with Gasteiger partial charge < -0.3 is 4.74 Å². The summed E-state index contributed by atoms with van der Waals surface area (Å²) < 4.78 is 5.70. The van der Waals surface area contributed by atoms with Gasteiger partial charge in [-0.1, -0.05) is 129 Å². The van der Waals surface area contributed by atoms with Crippen LogP contribution in [0.25, 0.3) is 0 Å². The van der Waals surface area contributed by atoms with Crippen molar-refractivity contribution in [2.24, 2.45) is 0 Å². The second kappa shape index (κ2) is 21.2. The molecule has 164 valence electrons. The molecule has 0 unspecified atom stereocenters. The predicted octanol–water partition coefficient (Wildman–Crippen LogP) is 9.95. The molecule has 0 saturated heterocycles. The molecule has 28 heavy (non-hydrogen) atoms. The van der Waals surface area contributed by atoms with Crippen molar-refractivity contribution in [3.8, 4) is 5.06 Å². The molecule has 1 heterocycles. The summed E-state index contributed by atoms with van der Waals surface area (Å²) in [4.78, 5) is 0. The van der Waals surface area contributed by atoms with Gasteiger partial charge in [0, 0.05) is 0 Å². The molecular weight excluding hydrogens is 360 g/mol. The van der Waals surface area contributed by atoms with Gasteiger partial charge in [-0.3, -0.25) is 0 Å². The fraction of sp³-hybridized carbons (Fsp3) is 0.846. The lowest BCUT2D eigenvalue weighted by Gasteiger charge is -2.04. The highest BCUT2D eigenvalue weighted by molar-refractivity contribution is 7.11. The molecule has 0 amide bonds. The normalized spacial score (nSPS) is 11.2. The van der Waals surface area contributed by atoms with E-state index in [0.717, 1.165) is 11.7 Å². The SMILES string of the molecule is CCCCCCCCCCCCCCCCCCCCCCOc1cccs1. The van der Waals surface area contributed by atoms with E-state index in [1.165, 1.54) is 128 Å². The molecule has 0 bridgehead atoms. The minimum atomic E-state index is 0.888. The van der Waals surface area contributed by atoms with E-state index in [-0.39, 0.29) is 0 Å². The van der Waals surface area contributed by atoms with Gasteiger partial charge in [0.2, 0.25) is 0 Å². The van der Waals surface area contributed by atoms with Crippen LogP contribution in [-0.4, -0.2) is 6.61 Å². The molecule has 1 aromatic heterocycles. The summed E-state index contributed by atoms with van der Waals surface area (Å²) in [5, 5.41) is 3.14. The Labute approximate surface area is 180 Å².